The zero-order valence-corrected chi connectivity index (χ0v) is 14.5. The fraction of sp³-hybridized carbons (Fsp3) is 0.950. The number of hydrogen-bond acceptors (Lipinski definition) is 1. The summed E-state index contributed by atoms with van der Waals surface area (Å²) >= 11 is 0. The van der Waals surface area contributed by atoms with Crippen LogP contribution in [0.4, 0.5) is 0 Å². The molecule has 0 aromatic rings. The molecule has 0 radical (unpaired) electrons. The molecule has 0 spiro atoms. The van der Waals surface area contributed by atoms with Crippen molar-refractivity contribution in [3.05, 3.63) is 0 Å². The predicted octanol–water partition coefficient (Wildman–Crippen LogP) is 6.84. The van der Waals surface area contributed by atoms with Crippen LogP contribution < -0.4 is 0 Å². The molecule has 0 bridgehead atoms. The average molecular weight is 295 g/mol. The third-order valence-electron chi connectivity index (χ3n) is 5.09. The molecule has 0 aromatic carbocycles. The molecule has 1 nitrogen and oxygen atoms in total. The van der Waals surface area contributed by atoms with Crippen molar-refractivity contribution in [3.63, 3.8) is 0 Å². The van der Waals surface area contributed by atoms with Crippen molar-refractivity contribution in [2.75, 3.05) is 0 Å². The maximum Gasteiger partial charge on any atom is 0.135 e. The summed E-state index contributed by atoms with van der Waals surface area (Å²) in [5.41, 5.74) is 0. The fourth-order valence-corrected chi connectivity index (χ4v) is 3.59. The van der Waals surface area contributed by atoms with Gasteiger partial charge in [0, 0.05) is 12.3 Å². The van der Waals surface area contributed by atoms with Crippen LogP contribution in [0.25, 0.3) is 0 Å². The van der Waals surface area contributed by atoms with E-state index in [-0.39, 0.29) is 0 Å². The van der Waals surface area contributed by atoms with Gasteiger partial charge < -0.3 is 0 Å². The van der Waals surface area contributed by atoms with Gasteiger partial charge in [-0.25, -0.2) is 0 Å². The van der Waals surface area contributed by atoms with Gasteiger partial charge in [0.05, 0.1) is 0 Å². The highest BCUT2D eigenvalue weighted by atomic mass is 16.1. The number of carbonyl (C=O) groups excluding carboxylic acids is 1. The van der Waals surface area contributed by atoms with Crippen LogP contribution in [-0.4, -0.2) is 5.78 Å². The van der Waals surface area contributed by atoms with Crippen LogP contribution in [0.3, 0.4) is 0 Å². The minimum absolute atomic E-state index is 0.432. The second-order valence-corrected chi connectivity index (χ2v) is 7.09. The molecule has 1 aliphatic carbocycles. The quantitative estimate of drug-likeness (QED) is 0.340. The summed E-state index contributed by atoms with van der Waals surface area (Å²) in [6, 6.07) is 0. The van der Waals surface area contributed by atoms with Gasteiger partial charge in [-0.3, -0.25) is 4.79 Å². The van der Waals surface area contributed by atoms with Gasteiger partial charge in [-0.1, -0.05) is 90.4 Å². The Morgan fingerprint density at radius 2 is 1.19 bits per heavy atom. The third-order valence-corrected chi connectivity index (χ3v) is 5.09. The van der Waals surface area contributed by atoms with Crippen LogP contribution in [0.1, 0.15) is 116 Å². The normalized spacial score (nSPS) is 16.2. The fourth-order valence-electron chi connectivity index (χ4n) is 3.59. The SMILES string of the molecule is CCCCCCCCCCCCCC(=O)C1CCCCC1. The Balaban J connectivity index is 1.80. The van der Waals surface area contributed by atoms with Gasteiger partial charge >= 0.3 is 0 Å². The summed E-state index contributed by atoms with van der Waals surface area (Å²) in [5, 5.41) is 0. The minimum Gasteiger partial charge on any atom is -0.299 e. The molecule has 1 rings (SSSR count). The van der Waals surface area contributed by atoms with Crippen molar-refractivity contribution in [1.82, 2.24) is 0 Å². The van der Waals surface area contributed by atoms with Crippen LogP contribution >= 0.6 is 0 Å². The monoisotopic (exact) mass is 294 g/mol. The van der Waals surface area contributed by atoms with Crippen molar-refractivity contribution in [3.8, 4) is 0 Å². The van der Waals surface area contributed by atoms with Crippen LogP contribution in [0, 0.1) is 5.92 Å². The Labute approximate surface area is 133 Å². The Hall–Kier alpha value is -0.330. The van der Waals surface area contributed by atoms with Gasteiger partial charge in [-0.05, 0) is 19.3 Å². The van der Waals surface area contributed by atoms with E-state index in [1.807, 2.05) is 0 Å². The molecule has 1 saturated carbocycles. The van der Waals surface area contributed by atoms with Gasteiger partial charge in [0.15, 0.2) is 0 Å². The van der Waals surface area contributed by atoms with E-state index in [2.05, 4.69) is 6.92 Å². The Morgan fingerprint density at radius 1 is 0.714 bits per heavy atom. The van der Waals surface area contributed by atoms with Gasteiger partial charge in [0.1, 0.15) is 5.78 Å². The van der Waals surface area contributed by atoms with Crippen molar-refractivity contribution >= 4 is 5.78 Å². The topological polar surface area (TPSA) is 17.1 Å². The van der Waals surface area contributed by atoms with Crippen LogP contribution in [-0.2, 0) is 4.79 Å². The van der Waals surface area contributed by atoms with Crippen molar-refractivity contribution in [1.29, 1.82) is 0 Å². The number of unbranched alkanes of at least 4 members (excludes halogenated alkanes) is 10. The lowest BCUT2D eigenvalue weighted by Crippen LogP contribution is -2.17. The Bertz CT molecular complexity index is 240. The first kappa shape index (κ1) is 18.7. The van der Waals surface area contributed by atoms with Crippen molar-refractivity contribution in [2.45, 2.75) is 116 Å². The highest BCUT2D eigenvalue weighted by molar-refractivity contribution is 5.80. The molecule has 0 amide bonds. The molecule has 1 fully saturated rings. The average Bonchev–Trinajstić information content (AvgIpc) is 2.53. The number of Topliss-reactive ketones (excluding diaryl/α,β-unsaturated/α-hetero) is 1. The van der Waals surface area contributed by atoms with E-state index in [0.29, 0.717) is 11.7 Å². The maximum absolute atomic E-state index is 12.1. The standard InChI is InChI=1S/C20H38O/c1-2-3-4-5-6-7-8-9-10-11-15-18-20(21)19-16-13-12-14-17-19/h19H,2-18H2,1H3. The van der Waals surface area contributed by atoms with E-state index in [0.717, 1.165) is 12.8 Å². The Morgan fingerprint density at radius 3 is 1.71 bits per heavy atom. The van der Waals surface area contributed by atoms with Crippen LogP contribution in [0.2, 0.25) is 0 Å². The molecule has 0 N–H and O–H groups in total. The lowest BCUT2D eigenvalue weighted by atomic mass is 9.84. The lowest BCUT2D eigenvalue weighted by molar-refractivity contribution is -0.123. The maximum atomic E-state index is 12.1. The van der Waals surface area contributed by atoms with Gasteiger partial charge in [-0.2, -0.15) is 0 Å². The largest absolute Gasteiger partial charge is 0.299 e. The van der Waals surface area contributed by atoms with E-state index >= 15 is 0 Å². The van der Waals surface area contributed by atoms with Crippen molar-refractivity contribution < 1.29 is 4.79 Å². The molecule has 0 heterocycles. The molecule has 0 saturated heterocycles. The van der Waals surface area contributed by atoms with Gasteiger partial charge in [0.25, 0.3) is 0 Å². The number of ketones is 1. The number of hydrogen-bond donors (Lipinski definition) is 0. The number of rotatable bonds is 13. The lowest BCUT2D eigenvalue weighted by Gasteiger charge is -2.20. The molecule has 21 heavy (non-hydrogen) atoms. The molecular formula is C20H38O. The zero-order chi connectivity index (χ0) is 15.2. The van der Waals surface area contributed by atoms with Crippen molar-refractivity contribution in [2.24, 2.45) is 5.92 Å². The minimum atomic E-state index is 0.432. The van der Waals surface area contributed by atoms with E-state index in [4.69, 9.17) is 0 Å². The van der Waals surface area contributed by atoms with Gasteiger partial charge in [0.2, 0.25) is 0 Å². The molecule has 1 heteroatoms. The Kier molecular flexibility index (Phi) is 11.9. The second-order valence-electron chi connectivity index (χ2n) is 7.09. The summed E-state index contributed by atoms with van der Waals surface area (Å²) in [5.74, 6) is 1.01. The summed E-state index contributed by atoms with van der Waals surface area (Å²) < 4.78 is 0. The summed E-state index contributed by atoms with van der Waals surface area (Å²) in [6.07, 6.45) is 22.2. The molecule has 124 valence electrons. The molecule has 0 aromatic heterocycles. The second kappa shape index (κ2) is 13.3. The first-order chi connectivity index (χ1) is 10.3. The van der Waals surface area contributed by atoms with Crippen LogP contribution in [0.5, 0.6) is 0 Å². The first-order valence-corrected chi connectivity index (χ1v) is 9.87. The van der Waals surface area contributed by atoms with E-state index < -0.39 is 0 Å². The first-order valence-electron chi connectivity index (χ1n) is 9.87. The smallest absolute Gasteiger partial charge is 0.135 e. The van der Waals surface area contributed by atoms with E-state index in [1.54, 1.807) is 0 Å². The summed E-state index contributed by atoms with van der Waals surface area (Å²) in [7, 11) is 0. The third kappa shape index (κ3) is 10.1. The zero-order valence-electron chi connectivity index (χ0n) is 14.5. The molecule has 0 unspecified atom stereocenters. The van der Waals surface area contributed by atoms with E-state index in [1.165, 1.54) is 96.3 Å². The molecule has 0 atom stereocenters. The number of carbonyl (C=O) groups is 1. The molecule has 1 aliphatic rings. The highest BCUT2D eigenvalue weighted by Gasteiger charge is 2.19. The van der Waals surface area contributed by atoms with E-state index in [9.17, 15) is 4.79 Å². The predicted molar refractivity (Wildman–Crippen MR) is 92.7 cm³/mol. The molecule has 0 aliphatic heterocycles. The summed E-state index contributed by atoms with van der Waals surface area (Å²) in [4.78, 5) is 12.1. The van der Waals surface area contributed by atoms with Gasteiger partial charge in [-0.15, -0.1) is 0 Å². The molecular weight excluding hydrogens is 256 g/mol. The summed E-state index contributed by atoms with van der Waals surface area (Å²) in [6.45, 7) is 2.28. The van der Waals surface area contributed by atoms with Crippen LogP contribution in [0.15, 0.2) is 0 Å². The highest BCUT2D eigenvalue weighted by Crippen LogP contribution is 2.26.